The molecule has 0 saturated carbocycles. The van der Waals surface area contributed by atoms with Crippen molar-refractivity contribution < 1.29 is 19.2 Å². The van der Waals surface area contributed by atoms with Crippen LogP contribution in [0.3, 0.4) is 0 Å². The van der Waals surface area contributed by atoms with Gasteiger partial charge >= 0.3 is 0 Å². The maximum absolute atomic E-state index is 12.5. The number of hydrogen-bond acceptors (Lipinski definition) is 6. The second-order valence-corrected chi connectivity index (χ2v) is 6.68. The van der Waals surface area contributed by atoms with Crippen LogP contribution < -0.4 is 20.1 Å². The maximum atomic E-state index is 12.5. The summed E-state index contributed by atoms with van der Waals surface area (Å²) in [5.74, 6) is 1.20. The van der Waals surface area contributed by atoms with Gasteiger partial charge in [0.15, 0.2) is 0 Å². The molecule has 0 aliphatic carbocycles. The van der Waals surface area contributed by atoms with E-state index in [9.17, 15) is 14.9 Å². The zero-order valence-corrected chi connectivity index (χ0v) is 16.0. The average molecular weight is 385 g/mol. The molecular formula is C20H23N3O5. The van der Waals surface area contributed by atoms with Crippen molar-refractivity contribution in [3.05, 3.63) is 52.1 Å². The van der Waals surface area contributed by atoms with Crippen LogP contribution in [0.5, 0.6) is 11.5 Å². The predicted octanol–water partition coefficient (Wildman–Crippen LogP) is 3.76. The third-order valence-electron chi connectivity index (χ3n) is 4.41. The molecule has 3 rings (SSSR count). The monoisotopic (exact) mass is 385 g/mol. The van der Waals surface area contributed by atoms with Gasteiger partial charge < -0.3 is 20.1 Å². The lowest BCUT2D eigenvalue weighted by Gasteiger charge is -2.19. The van der Waals surface area contributed by atoms with E-state index in [1.54, 1.807) is 6.92 Å². The number of carbonyl (C=O) groups is 1. The minimum atomic E-state index is -0.564. The first-order valence-electron chi connectivity index (χ1n) is 9.15. The first kappa shape index (κ1) is 19.5. The maximum Gasteiger partial charge on any atom is 0.269 e. The lowest BCUT2D eigenvalue weighted by molar-refractivity contribution is -0.384. The van der Waals surface area contributed by atoms with E-state index in [1.165, 1.54) is 24.3 Å². The van der Waals surface area contributed by atoms with Crippen LogP contribution in [0.25, 0.3) is 0 Å². The van der Waals surface area contributed by atoms with Crippen LogP contribution in [-0.4, -0.2) is 29.6 Å². The van der Waals surface area contributed by atoms with E-state index in [-0.39, 0.29) is 17.7 Å². The second-order valence-electron chi connectivity index (χ2n) is 6.68. The van der Waals surface area contributed by atoms with Crippen molar-refractivity contribution >= 4 is 23.0 Å². The van der Waals surface area contributed by atoms with Crippen LogP contribution in [0.2, 0.25) is 0 Å². The van der Waals surface area contributed by atoms with Crippen molar-refractivity contribution in [1.29, 1.82) is 0 Å². The fourth-order valence-electron chi connectivity index (χ4n) is 3.04. The van der Waals surface area contributed by atoms with Crippen molar-refractivity contribution in [2.24, 2.45) is 0 Å². The van der Waals surface area contributed by atoms with Gasteiger partial charge in [-0.1, -0.05) is 0 Å². The van der Waals surface area contributed by atoms with Crippen LogP contribution in [0.4, 0.5) is 17.1 Å². The third kappa shape index (κ3) is 4.33. The van der Waals surface area contributed by atoms with E-state index in [4.69, 9.17) is 9.47 Å². The van der Waals surface area contributed by atoms with Gasteiger partial charge in [-0.3, -0.25) is 14.9 Å². The zero-order valence-electron chi connectivity index (χ0n) is 16.0. The fraction of sp³-hybridized carbons (Fsp3) is 0.350. The largest absolute Gasteiger partial charge is 0.492 e. The average Bonchev–Trinajstić information content (AvgIpc) is 3.01. The van der Waals surface area contributed by atoms with Gasteiger partial charge in [-0.2, -0.15) is 0 Å². The number of nitro groups is 1. The molecule has 2 aromatic rings. The third-order valence-corrected chi connectivity index (χ3v) is 4.41. The highest BCUT2D eigenvalue weighted by Crippen LogP contribution is 2.38. The Labute approximate surface area is 163 Å². The first-order valence-corrected chi connectivity index (χ1v) is 9.15. The van der Waals surface area contributed by atoms with E-state index in [1.807, 2.05) is 26.0 Å². The number of carbonyl (C=O) groups excluding carboxylic acids is 1. The van der Waals surface area contributed by atoms with Gasteiger partial charge in [-0.15, -0.1) is 0 Å². The lowest BCUT2D eigenvalue weighted by atomic mass is 10.1. The van der Waals surface area contributed by atoms with Crippen molar-refractivity contribution in [2.75, 3.05) is 17.2 Å². The summed E-state index contributed by atoms with van der Waals surface area (Å²) >= 11 is 0. The van der Waals surface area contributed by atoms with E-state index < -0.39 is 11.0 Å². The molecule has 1 amide bonds. The Balaban J connectivity index is 1.71. The van der Waals surface area contributed by atoms with Gasteiger partial charge in [-0.25, -0.2) is 0 Å². The molecule has 0 radical (unpaired) electrons. The van der Waals surface area contributed by atoms with E-state index in [2.05, 4.69) is 10.6 Å². The summed E-state index contributed by atoms with van der Waals surface area (Å²) in [5, 5.41) is 16.6. The van der Waals surface area contributed by atoms with Gasteiger partial charge in [0.1, 0.15) is 23.6 Å². The molecule has 2 atom stereocenters. The van der Waals surface area contributed by atoms with Crippen LogP contribution >= 0.6 is 0 Å². The summed E-state index contributed by atoms with van der Waals surface area (Å²) in [4.78, 5) is 22.7. The van der Waals surface area contributed by atoms with E-state index in [0.717, 1.165) is 17.7 Å². The summed E-state index contributed by atoms with van der Waals surface area (Å²) in [5.41, 5.74) is 2.23. The summed E-state index contributed by atoms with van der Waals surface area (Å²) in [7, 11) is 0. The molecule has 8 heteroatoms. The number of nitrogens with zero attached hydrogens (tertiary/aromatic N) is 1. The minimum absolute atomic E-state index is 0.0297. The van der Waals surface area contributed by atoms with Gasteiger partial charge in [0.05, 0.1) is 17.2 Å². The number of rotatable bonds is 7. The lowest BCUT2D eigenvalue weighted by Crippen LogP contribution is -2.32. The summed E-state index contributed by atoms with van der Waals surface area (Å²) in [6, 6.07) is 8.94. The number of nitrogens with one attached hydrogen (secondary N) is 2. The van der Waals surface area contributed by atoms with Crippen LogP contribution in [0.1, 0.15) is 26.3 Å². The summed E-state index contributed by atoms with van der Waals surface area (Å²) < 4.78 is 11.5. The Morgan fingerprint density at radius 3 is 2.71 bits per heavy atom. The number of anilines is 2. The molecule has 0 unspecified atom stereocenters. The smallest absolute Gasteiger partial charge is 0.269 e. The highest BCUT2D eigenvalue weighted by Gasteiger charge is 2.23. The number of amides is 1. The van der Waals surface area contributed by atoms with E-state index in [0.29, 0.717) is 23.7 Å². The Kier molecular flexibility index (Phi) is 5.67. The topological polar surface area (TPSA) is 103 Å². The molecule has 0 saturated heterocycles. The molecule has 2 N–H and O–H groups in total. The number of hydrogen-bond donors (Lipinski definition) is 2. The van der Waals surface area contributed by atoms with Crippen molar-refractivity contribution in [2.45, 2.75) is 39.3 Å². The molecule has 148 valence electrons. The molecule has 0 aromatic heterocycles. The number of fused-ring (bicyclic) bond motifs is 1. The summed E-state index contributed by atoms with van der Waals surface area (Å²) in [6.07, 6.45) is 0.939. The number of nitro benzene ring substituents is 1. The Hall–Kier alpha value is -3.29. The SMILES string of the molecule is CCOc1cc2c(cc1N[C@@H](C)C(=O)Nc1ccc([N+](=O)[O-])cc1)O[C@@H](C)C2. The van der Waals surface area contributed by atoms with Gasteiger partial charge in [0.2, 0.25) is 5.91 Å². The van der Waals surface area contributed by atoms with Gasteiger partial charge in [0, 0.05) is 35.9 Å². The molecule has 0 spiro atoms. The van der Waals surface area contributed by atoms with Gasteiger partial charge in [0.25, 0.3) is 5.69 Å². The fourth-order valence-corrected chi connectivity index (χ4v) is 3.04. The Morgan fingerprint density at radius 2 is 2.07 bits per heavy atom. The minimum Gasteiger partial charge on any atom is -0.492 e. The zero-order chi connectivity index (χ0) is 20.3. The van der Waals surface area contributed by atoms with Crippen molar-refractivity contribution in [3.8, 4) is 11.5 Å². The first-order chi connectivity index (χ1) is 13.4. The van der Waals surface area contributed by atoms with Crippen molar-refractivity contribution in [1.82, 2.24) is 0 Å². The Bertz CT molecular complexity index is 882. The summed E-state index contributed by atoms with van der Waals surface area (Å²) in [6.45, 7) is 6.15. The van der Waals surface area contributed by atoms with Gasteiger partial charge in [-0.05, 0) is 39.0 Å². The Morgan fingerprint density at radius 1 is 1.36 bits per heavy atom. The molecule has 1 heterocycles. The molecule has 1 aliphatic rings. The normalized spacial score (nSPS) is 15.9. The highest BCUT2D eigenvalue weighted by atomic mass is 16.6. The molecule has 0 fully saturated rings. The molecular weight excluding hydrogens is 362 g/mol. The quantitative estimate of drug-likeness (QED) is 0.556. The number of benzene rings is 2. The molecule has 8 nitrogen and oxygen atoms in total. The van der Waals surface area contributed by atoms with E-state index >= 15 is 0 Å². The molecule has 28 heavy (non-hydrogen) atoms. The molecule has 1 aliphatic heterocycles. The standard InChI is InChI=1S/C20H23N3O5/c1-4-27-19-10-14-9-12(2)28-18(14)11-17(19)21-13(3)20(24)22-15-5-7-16(8-6-15)23(25)26/h5-8,10-13,21H,4,9H2,1-3H3,(H,22,24)/t12-,13-/m0/s1. The van der Waals surface area contributed by atoms with Crippen LogP contribution in [-0.2, 0) is 11.2 Å². The highest BCUT2D eigenvalue weighted by molar-refractivity contribution is 5.96. The molecule has 0 bridgehead atoms. The molecule has 2 aromatic carbocycles. The second kappa shape index (κ2) is 8.16. The number of ether oxygens (including phenoxy) is 2. The predicted molar refractivity (Wildman–Crippen MR) is 106 cm³/mol. The van der Waals surface area contributed by atoms with Crippen LogP contribution in [0, 0.1) is 10.1 Å². The van der Waals surface area contributed by atoms with Crippen LogP contribution in [0.15, 0.2) is 36.4 Å². The number of non-ortho nitro benzene ring substituents is 1. The van der Waals surface area contributed by atoms with Crippen molar-refractivity contribution in [3.63, 3.8) is 0 Å².